The minimum atomic E-state index is 0.428. The van der Waals surface area contributed by atoms with Gasteiger partial charge in [0.15, 0.2) is 0 Å². The van der Waals surface area contributed by atoms with Crippen LogP contribution in [0.1, 0.15) is 35.4 Å². The average Bonchev–Trinajstić information content (AvgIpc) is 3.62. The predicted octanol–water partition coefficient (Wildman–Crippen LogP) is 11.4. The van der Waals surface area contributed by atoms with E-state index in [1.165, 1.54) is 66.1 Å². The second kappa shape index (κ2) is 9.56. The van der Waals surface area contributed by atoms with Crippen LogP contribution in [0.2, 0.25) is 0 Å². The van der Waals surface area contributed by atoms with Crippen molar-refractivity contribution in [1.82, 2.24) is 14.1 Å². The predicted molar refractivity (Wildman–Crippen MR) is 199 cm³/mol. The molecule has 6 aromatic carbocycles. The van der Waals surface area contributed by atoms with Gasteiger partial charge in [0.05, 0.1) is 16.6 Å². The number of hydrogen-bond donors (Lipinski definition) is 0. The van der Waals surface area contributed by atoms with Crippen molar-refractivity contribution in [3.63, 3.8) is 0 Å². The minimum Gasteiger partial charge on any atom is -0.309 e. The van der Waals surface area contributed by atoms with E-state index < -0.39 is 0 Å². The summed E-state index contributed by atoms with van der Waals surface area (Å²) in [5, 5.41) is 5.03. The van der Waals surface area contributed by atoms with E-state index in [9.17, 15) is 0 Å². The standard InChI is InChI=1S/C45H31N3/c1-27-30-14-5-6-15-31(30)38-26-42-44(43-34-17-8-7-16-32(34)37(27)25-39(38)43)36-18-9-10-20-40(36)47(42)29-21-22-33-35-19-11-23-46-45(35)48(41(33)24-29)28-12-3-2-4-13-28/h2-24,26-27,37H,25H2,1H3/t27-,37?/m1/s1. The van der Waals surface area contributed by atoms with E-state index in [-0.39, 0.29) is 0 Å². The lowest BCUT2D eigenvalue weighted by atomic mass is 9.72. The zero-order chi connectivity index (χ0) is 31.5. The Kier molecular flexibility index (Phi) is 5.21. The number of pyridine rings is 1. The van der Waals surface area contributed by atoms with Gasteiger partial charge < -0.3 is 4.57 Å². The van der Waals surface area contributed by atoms with E-state index in [0.29, 0.717) is 11.8 Å². The third-order valence-electron chi connectivity index (χ3n) is 11.3. The Morgan fingerprint density at radius 3 is 2.19 bits per heavy atom. The summed E-state index contributed by atoms with van der Waals surface area (Å²) < 4.78 is 4.82. The Bertz CT molecular complexity index is 2780. The van der Waals surface area contributed by atoms with Crippen LogP contribution in [0.3, 0.4) is 0 Å². The average molecular weight is 614 g/mol. The lowest BCUT2D eigenvalue weighted by Gasteiger charge is -2.31. The summed E-state index contributed by atoms with van der Waals surface area (Å²) in [7, 11) is 0. The molecular formula is C45H31N3. The topological polar surface area (TPSA) is 22.8 Å². The van der Waals surface area contributed by atoms with Gasteiger partial charge in [-0.05, 0) is 106 Å². The van der Waals surface area contributed by atoms with Crippen molar-refractivity contribution in [3.05, 3.63) is 162 Å². The second-order valence-corrected chi connectivity index (χ2v) is 13.5. The maximum Gasteiger partial charge on any atom is 0.145 e. The van der Waals surface area contributed by atoms with Crippen LogP contribution < -0.4 is 0 Å². The van der Waals surface area contributed by atoms with E-state index >= 15 is 0 Å². The Labute approximate surface area is 278 Å². The van der Waals surface area contributed by atoms with Gasteiger partial charge in [-0.25, -0.2) is 4.98 Å². The first-order valence-corrected chi connectivity index (χ1v) is 17.0. The first-order valence-electron chi connectivity index (χ1n) is 17.0. The molecule has 0 spiro atoms. The van der Waals surface area contributed by atoms with Crippen molar-refractivity contribution in [3.8, 4) is 33.6 Å². The molecule has 9 aromatic rings. The SMILES string of the molecule is C[C@@H]1c2ccccc2-c2cc3c(c4c2CC1c1ccccc1-4)c1ccccc1n3-c1ccc2c3cccnc3n(-c3ccccc3)c2c1. The number of benzene rings is 6. The lowest BCUT2D eigenvalue weighted by Crippen LogP contribution is -2.15. The highest BCUT2D eigenvalue weighted by Crippen LogP contribution is 2.56. The first kappa shape index (κ1) is 26.2. The highest BCUT2D eigenvalue weighted by atomic mass is 15.1. The van der Waals surface area contributed by atoms with Crippen LogP contribution in [-0.2, 0) is 6.42 Å². The summed E-state index contributed by atoms with van der Waals surface area (Å²) in [6.45, 7) is 2.43. The Hall–Kier alpha value is -5.93. The van der Waals surface area contributed by atoms with Gasteiger partial charge in [-0.3, -0.25) is 4.57 Å². The zero-order valence-electron chi connectivity index (χ0n) is 26.6. The molecule has 2 atom stereocenters. The van der Waals surface area contributed by atoms with E-state index in [2.05, 4.69) is 150 Å². The fourth-order valence-electron chi connectivity index (χ4n) is 9.19. The molecular weight excluding hydrogens is 583 g/mol. The molecule has 0 saturated carbocycles. The molecule has 0 amide bonds. The molecule has 0 N–H and O–H groups in total. The summed E-state index contributed by atoms with van der Waals surface area (Å²) in [5.41, 5.74) is 16.9. The number of para-hydroxylation sites is 2. The van der Waals surface area contributed by atoms with E-state index in [4.69, 9.17) is 4.98 Å². The summed E-state index contributed by atoms with van der Waals surface area (Å²) in [6, 6.07) is 51.6. The van der Waals surface area contributed by atoms with Crippen molar-refractivity contribution in [2.24, 2.45) is 0 Å². The van der Waals surface area contributed by atoms with Gasteiger partial charge >= 0.3 is 0 Å². The van der Waals surface area contributed by atoms with Gasteiger partial charge in [-0.2, -0.15) is 0 Å². The van der Waals surface area contributed by atoms with E-state index in [1.54, 1.807) is 0 Å². The molecule has 3 aromatic heterocycles. The van der Waals surface area contributed by atoms with Crippen LogP contribution in [0.4, 0.5) is 0 Å². The van der Waals surface area contributed by atoms with Crippen LogP contribution in [0.15, 0.2) is 146 Å². The van der Waals surface area contributed by atoms with Gasteiger partial charge in [-0.1, -0.05) is 97.9 Å². The maximum absolute atomic E-state index is 4.88. The molecule has 2 bridgehead atoms. The van der Waals surface area contributed by atoms with Gasteiger partial charge in [-0.15, -0.1) is 0 Å². The quantitative estimate of drug-likeness (QED) is 0.190. The molecule has 0 saturated heterocycles. The Morgan fingerprint density at radius 2 is 1.29 bits per heavy atom. The third kappa shape index (κ3) is 3.35. The molecule has 11 rings (SSSR count). The Morgan fingerprint density at radius 1 is 0.542 bits per heavy atom. The summed E-state index contributed by atoms with van der Waals surface area (Å²) in [4.78, 5) is 4.88. The zero-order valence-corrected chi connectivity index (χ0v) is 26.6. The van der Waals surface area contributed by atoms with Gasteiger partial charge in [0, 0.05) is 39.1 Å². The highest BCUT2D eigenvalue weighted by molar-refractivity contribution is 6.19. The molecule has 0 radical (unpaired) electrons. The summed E-state index contributed by atoms with van der Waals surface area (Å²) in [5.74, 6) is 0.884. The smallest absolute Gasteiger partial charge is 0.145 e. The number of hydrogen-bond acceptors (Lipinski definition) is 1. The van der Waals surface area contributed by atoms with Crippen LogP contribution in [0.5, 0.6) is 0 Å². The van der Waals surface area contributed by atoms with Crippen molar-refractivity contribution in [1.29, 1.82) is 0 Å². The molecule has 226 valence electrons. The van der Waals surface area contributed by atoms with E-state index in [1.807, 2.05) is 12.3 Å². The molecule has 0 fully saturated rings. The molecule has 2 aliphatic rings. The largest absolute Gasteiger partial charge is 0.309 e. The molecule has 2 aliphatic carbocycles. The summed E-state index contributed by atoms with van der Waals surface area (Å²) in [6.07, 6.45) is 2.95. The fourth-order valence-corrected chi connectivity index (χ4v) is 9.19. The molecule has 3 heteroatoms. The van der Waals surface area contributed by atoms with Gasteiger partial charge in [0.25, 0.3) is 0 Å². The van der Waals surface area contributed by atoms with Crippen molar-refractivity contribution in [2.45, 2.75) is 25.2 Å². The number of rotatable bonds is 2. The lowest BCUT2D eigenvalue weighted by molar-refractivity contribution is 0.575. The van der Waals surface area contributed by atoms with E-state index in [0.717, 1.165) is 34.3 Å². The summed E-state index contributed by atoms with van der Waals surface area (Å²) >= 11 is 0. The first-order chi connectivity index (χ1) is 23.8. The third-order valence-corrected chi connectivity index (χ3v) is 11.3. The van der Waals surface area contributed by atoms with Gasteiger partial charge in [0.2, 0.25) is 0 Å². The number of fused-ring (bicyclic) bond motifs is 13. The second-order valence-electron chi connectivity index (χ2n) is 13.5. The van der Waals surface area contributed by atoms with Crippen LogP contribution in [0, 0.1) is 0 Å². The Balaban J connectivity index is 1.30. The van der Waals surface area contributed by atoms with Crippen molar-refractivity contribution < 1.29 is 0 Å². The molecule has 1 unspecified atom stereocenters. The van der Waals surface area contributed by atoms with Crippen LogP contribution >= 0.6 is 0 Å². The monoisotopic (exact) mass is 613 g/mol. The number of aromatic nitrogens is 3. The van der Waals surface area contributed by atoms with Crippen molar-refractivity contribution in [2.75, 3.05) is 0 Å². The molecule has 3 nitrogen and oxygen atoms in total. The molecule has 3 heterocycles. The molecule has 48 heavy (non-hydrogen) atoms. The minimum absolute atomic E-state index is 0.428. The highest BCUT2D eigenvalue weighted by Gasteiger charge is 2.37. The fraction of sp³-hybridized carbons (Fsp3) is 0.0889. The molecule has 0 aliphatic heterocycles. The van der Waals surface area contributed by atoms with Crippen molar-refractivity contribution >= 4 is 43.7 Å². The van der Waals surface area contributed by atoms with Crippen LogP contribution in [0.25, 0.3) is 77.4 Å². The van der Waals surface area contributed by atoms with Crippen LogP contribution in [-0.4, -0.2) is 14.1 Å². The maximum atomic E-state index is 4.88. The number of nitrogens with zero attached hydrogens (tertiary/aromatic N) is 3. The van der Waals surface area contributed by atoms with Gasteiger partial charge in [0.1, 0.15) is 5.65 Å². The normalized spacial score (nSPS) is 16.4.